The number of hydrogen-bond donors (Lipinski definition) is 2. The second kappa shape index (κ2) is 15.4. The van der Waals surface area contributed by atoms with E-state index in [1.165, 1.54) is 60.9 Å². The second-order valence-electron chi connectivity index (χ2n) is 10.7. The average molecular weight is 697 g/mol. The zero-order chi connectivity index (χ0) is 34.2. The highest BCUT2D eigenvalue weighted by atomic mass is 35.5. The minimum absolute atomic E-state index is 0.148. The molecule has 12 nitrogen and oxygen atoms in total. The predicted molar refractivity (Wildman–Crippen MR) is 181 cm³/mol. The number of aromatic nitrogens is 6. The predicted octanol–water partition coefficient (Wildman–Crippen LogP) is 7.87. The van der Waals surface area contributed by atoms with Crippen molar-refractivity contribution < 1.29 is 23.5 Å². The highest BCUT2D eigenvalue weighted by Crippen LogP contribution is 2.41. The molecule has 2 amide bonds. The molecule has 0 atom stereocenters. The zero-order valence-electron chi connectivity index (χ0n) is 25.7. The summed E-state index contributed by atoms with van der Waals surface area (Å²) in [4.78, 5) is 48.6. The first-order valence-corrected chi connectivity index (χ1v) is 16.0. The van der Waals surface area contributed by atoms with Crippen LogP contribution in [-0.2, 0) is 0 Å². The highest BCUT2D eigenvalue weighted by molar-refractivity contribution is 7.14. The molecule has 7 rings (SSSR count). The number of benzene rings is 2. The van der Waals surface area contributed by atoms with E-state index in [1.807, 2.05) is 18.4 Å². The molecule has 0 unspecified atom stereocenters. The van der Waals surface area contributed by atoms with Crippen LogP contribution in [0.15, 0.2) is 97.7 Å². The maximum atomic E-state index is 13.8. The van der Waals surface area contributed by atoms with Gasteiger partial charge >= 0.3 is 0 Å². The SMILES string of the molecule is Cc1cncc(NC(=O)c2cc(Cl)cc(Oc3cncnc3)c2)c1.O=C(Nc1nc(C2CC2)cs1)c1cc(F)cc(Oc2cncnc2)c1. The molecule has 1 fully saturated rings. The monoisotopic (exact) mass is 696 g/mol. The van der Waals surface area contributed by atoms with Crippen LogP contribution in [0.2, 0.25) is 5.02 Å². The molecule has 6 aromatic rings. The van der Waals surface area contributed by atoms with Gasteiger partial charge in [0.1, 0.15) is 30.0 Å². The largest absolute Gasteiger partial charge is 0.454 e. The average Bonchev–Trinajstić information content (AvgIpc) is 3.83. The third kappa shape index (κ3) is 9.59. The fourth-order valence-corrected chi connectivity index (χ4v) is 5.37. The van der Waals surface area contributed by atoms with Gasteiger partial charge in [0.2, 0.25) is 0 Å². The summed E-state index contributed by atoms with van der Waals surface area (Å²) in [5.74, 6) is 0.621. The molecule has 2 N–H and O–H groups in total. The summed E-state index contributed by atoms with van der Waals surface area (Å²) in [6.07, 6.45) is 14.3. The summed E-state index contributed by atoms with van der Waals surface area (Å²) in [6, 6.07) is 10.4. The molecule has 0 saturated heterocycles. The van der Waals surface area contributed by atoms with Gasteiger partial charge in [-0.1, -0.05) is 11.6 Å². The number of aryl methyl sites for hydroxylation is 1. The first-order valence-electron chi connectivity index (χ1n) is 14.7. The molecule has 1 aliphatic carbocycles. The maximum Gasteiger partial charge on any atom is 0.257 e. The van der Waals surface area contributed by atoms with Crippen molar-refractivity contribution in [1.29, 1.82) is 0 Å². The standard InChI is InChI=1S/C17H13ClN4O2.C17H13FN4O2S/c1-11-2-14(7-19-6-11)22-17(23)12-3-13(18)5-15(4-12)24-16-8-20-10-21-9-16;18-12-3-11(4-13(5-12)24-14-6-19-9-20-7-14)16(23)22-17-21-15(8-25-17)10-1-2-10/h2-10H,1H3,(H,22,23);3-10H,1-2H2,(H,21,22,23). The van der Waals surface area contributed by atoms with Crippen LogP contribution in [0.1, 0.15) is 50.7 Å². The fraction of sp³-hybridized carbons (Fsp3) is 0.118. The van der Waals surface area contributed by atoms with E-state index < -0.39 is 11.7 Å². The molecule has 49 heavy (non-hydrogen) atoms. The lowest BCUT2D eigenvalue weighted by atomic mass is 10.2. The second-order valence-corrected chi connectivity index (χ2v) is 12.0. The van der Waals surface area contributed by atoms with Crippen LogP contribution in [0.25, 0.3) is 0 Å². The van der Waals surface area contributed by atoms with Gasteiger partial charge in [0.15, 0.2) is 16.6 Å². The van der Waals surface area contributed by atoms with Crippen LogP contribution >= 0.6 is 22.9 Å². The highest BCUT2D eigenvalue weighted by Gasteiger charge is 2.26. The summed E-state index contributed by atoms with van der Waals surface area (Å²) in [6.45, 7) is 1.90. The number of pyridine rings is 1. The first-order chi connectivity index (χ1) is 23.8. The molecule has 246 valence electrons. The number of carbonyl (C=O) groups is 2. The Labute approximate surface area is 288 Å². The van der Waals surface area contributed by atoms with E-state index in [-0.39, 0.29) is 17.2 Å². The van der Waals surface area contributed by atoms with Gasteiger partial charge in [-0.15, -0.1) is 11.3 Å². The van der Waals surface area contributed by atoms with Crippen molar-refractivity contribution in [3.05, 3.63) is 131 Å². The first kappa shape index (κ1) is 33.1. The number of ether oxygens (including phenoxy) is 2. The molecule has 4 aromatic heterocycles. The summed E-state index contributed by atoms with van der Waals surface area (Å²) in [5, 5.41) is 8.32. The minimum Gasteiger partial charge on any atom is -0.454 e. The van der Waals surface area contributed by atoms with Gasteiger partial charge in [0.05, 0.1) is 42.4 Å². The number of nitrogens with one attached hydrogen (secondary N) is 2. The van der Waals surface area contributed by atoms with E-state index in [4.69, 9.17) is 21.1 Å². The van der Waals surface area contributed by atoms with E-state index in [2.05, 4.69) is 40.5 Å². The molecule has 1 saturated carbocycles. The lowest BCUT2D eigenvalue weighted by molar-refractivity contribution is 0.101. The Kier molecular flexibility index (Phi) is 10.4. The van der Waals surface area contributed by atoms with E-state index in [1.54, 1.807) is 30.6 Å². The van der Waals surface area contributed by atoms with E-state index in [0.29, 0.717) is 44.6 Å². The number of thiazole rings is 1. The Morgan fingerprint density at radius 3 is 2.00 bits per heavy atom. The Balaban J connectivity index is 0.000000170. The number of anilines is 2. The van der Waals surface area contributed by atoms with Crippen LogP contribution < -0.4 is 20.1 Å². The van der Waals surface area contributed by atoms with Crippen LogP contribution in [0, 0.1) is 12.7 Å². The normalized spacial score (nSPS) is 11.9. The molecule has 15 heteroatoms. The molecule has 2 aromatic carbocycles. The van der Waals surface area contributed by atoms with Crippen LogP contribution in [0.4, 0.5) is 15.2 Å². The quantitative estimate of drug-likeness (QED) is 0.153. The zero-order valence-corrected chi connectivity index (χ0v) is 27.3. The number of carbonyl (C=O) groups excluding carboxylic acids is 2. The summed E-state index contributed by atoms with van der Waals surface area (Å²) in [7, 11) is 0. The molecule has 0 aliphatic heterocycles. The minimum atomic E-state index is -0.572. The van der Waals surface area contributed by atoms with Crippen LogP contribution in [0.5, 0.6) is 23.0 Å². The van der Waals surface area contributed by atoms with Crippen LogP contribution in [0.3, 0.4) is 0 Å². The van der Waals surface area contributed by atoms with Crippen molar-refractivity contribution in [2.45, 2.75) is 25.7 Å². The molecular weight excluding hydrogens is 671 g/mol. The number of nitrogens with zero attached hydrogens (tertiary/aromatic N) is 6. The Bertz CT molecular complexity index is 2080. The molecule has 1 aliphatic rings. The summed E-state index contributed by atoms with van der Waals surface area (Å²) < 4.78 is 24.9. The van der Waals surface area contributed by atoms with E-state index in [0.717, 1.165) is 30.2 Å². The lowest BCUT2D eigenvalue weighted by Crippen LogP contribution is -2.12. The van der Waals surface area contributed by atoms with Crippen molar-refractivity contribution in [3.63, 3.8) is 0 Å². The summed E-state index contributed by atoms with van der Waals surface area (Å²) >= 11 is 7.45. The number of hydrogen-bond acceptors (Lipinski definition) is 11. The third-order valence-electron chi connectivity index (χ3n) is 6.68. The van der Waals surface area contributed by atoms with Crippen molar-refractivity contribution in [3.8, 4) is 23.0 Å². The van der Waals surface area contributed by atoms with Gasteiger partial charge in [-0.05, 0) is 61.7 Å². The van der Waals surface area contributed by atoms with Gasteiger partial charge in [-0.2, -0.15) is 0 Å². The molecule has 0 bridgehead atoms. The number of amides is 2. The third-order valence-corrected chi connectivity index (χ3v) is 7.68. The molecule has 0 radical (unpaired) electrons. The summed E-state index contributed by atoms with van der Waals surface area (Å²) in [5.41, 5.74) is 3.09. The molecule has 0 spiro atoms. The van der Waals surface area contributed by atoms with Crippen molar-refractivity contribution in [2.75, 3.05) is 10.6 Å². The van der Waals surface area contributed by atoms with Gasteiger partial charge in [-0.25, -0.2) is 29.3 Å². The van der Waals surface area contributed by atoms with Gasteiger partial charge in [0.25, 0.3) is 11.8 Å². The Morgan fingerprint density at radius 2 is 1.37 bits per heavy atom. The molecular formula is C34H26ClFN8O4S. The van der Waals surface area contributed by atoms with Gasteiger partial charge in [0, 0.05) is 39.7 Å². The Morgan fingerprint density at radius 1 is 0.755 bits per heavy atom. The van der Waals surface area contributed by atoms with Crippen molar-refractivity contribution in [2.24, 2.45) is 0 Å². The van der Waals surface area contributed by atoms with Gasteiger partial charge < -0.3 is 14.8 Å². The van der Waals surface area contributed by atoms with E-state index in [9.17, 15) is 14.0 Å². The number of halogens is 2. The smallest absolute Gasteiger partial charge is 0.257 e. The van der Waals surface area contributed by atoms with Crippen molar-refractivity contribution >= 4 is 45.6 Å². The van der Waals surface area contributed by atoms with Gasteiger partial charge in [-0.3, -0.25) is 19.9 Å². The molecule has 4 heterocycles. The lowest BCUT2D eigenvalue weighted by Gasteiger charge is -2.09. The van der Waals surface area contributed by atoms with E-state index >= 15 is 0 Å². The maximum absolute atomic E-state index is 13.8. The fourth-order valence-electron chi connectivity index (χ4n) is 4.36. The number of rotatable bonds is 9. The van der Waals surface area contributed by atoms with Crippen molar-refractivity contribution in [1.82, 2.24) is 29.9 Å². The topological polar surface area (TPSA) is 154 Å². The van der Waals surface area contributed by atoms with Crippen LogP contribution in [-0.4, -0.2) is 41.7 Å². The Hall–Kier alpha value is -5.86.